The van der Waals surface area contributed by atoms with E-state index in [0.29, 0.717) is 43.8 Å². The molecule has 142 valence electrons. The van der Waals surface area contributed by atoms with E-state index in [4.69, 9.17) is 14.2 Å². The molecule has 9 heteroatoms. The molecule has 1 fully saturated rings. The molecule has 1 aliphatic heterocycles. The molecule has 26 heavy (non-hydrogen) atoms. The van der Waals surface area contributed by atoms with Gasteiger partial charge in [-0.25, -0.2) is 9.97 Å². The Morgan fingerprint density at radius 3 is 2.12 bits per heavy atom. The van der Waals surface area contributed by atoms with Gasteiger partial charge in [-0.3, -0.25) is 0 Å². The van der Waals surface area contributed by atoms with Crippen LogP contribution in [0.3, 0.4) is 0 Å². The average Bonchev–Trinajstić information content (AvgIpc) is 2.58. The quantitative estimate of drug-likeness (QED) is 0.515. The van der Waals surface area contributed by atoms with Crippen molar-refractivity contribution in [3.63, 3.8) is 0 Å². The van der Waals surface area contributed by atoms with Gasteiger partial charge in [0.15, 0.2) is 0 Å². The van der Waals surface area contributed by atoms with Crippen LogP contribution in [0.15, 0.2) is 33.5 Å². The summed E-state index contributed by atoms with van der Waals surface area (Å²) in [5.74, 6) is 1.18. The minimum Gasteiger partial charge on any atom is -0.478 e. The SMILES string of the molecule is CCOc1ncc(Br)cc1C1(O)COC1.CCOc1ncc(Br)cc1I. The number of pyridine rings is 2. The Hall–Kier alpha value is -0.490. The lowest BCUT2D eigenvalue weighted by Crippen LogP contribution is -2.46. The molecule has 3 heterocycles. The first-order valence-corrected chi connectivity index (χ1v) is 10.6. The Morgan fingerprint density at radius 2 is 1.62 bits per heavy atom. The van der Waals surface area contributed by atoms with Crippen molar-refractivity contribution in [1.29, 1.82) is 0 Å². The molecule has 0 aliphatic carbocycles. The van der Waals surface area contributed by atoms with Crippen LogP contribution in [-0.2, 0) is 10.3 Å². The molecule has 1 saturated heterocycles. The third-order valence-corrected chi connectivity index (χ3v) is 4.98. The smallest absolute Gasteiger partial charge is 0.227 e. The van der Waals surface area contributed by atoms with Gasteiger partial charge in [-0.05, 0) is 80.4 Å². The van der Waals surface area contributed by atoms with Crippen molar-refractivity contribution in [2.75, 3.05) is 26.4 Å². The second-order valence-corrected chi connectivity index (χ2v) is 8.33. The summed E-state index contributed by atoms with van der Waals surface area (Å²) >= 11 is 8.84. The number of rotatable bonds is 5. The highest BCUT2D eigenvalue weighted by atomic mass is 127. The summed E-state index contributed by atoms with van der Waals surface area (Å²) in [7, 11) is 0. The molecule has 1 N–H and O–H groups in total. The topological polar surface area (TPSA) is 73.7 Å². The molecule has 2 aromatic rings. The minimum atomic E-state index is -0.943. The Kier molecular flexibility index (Phi) is 8.52. The molecule has 2 aromatic heterocycles. The van der Waals surface area contributed by atoms with Crippen molar-refractivity contribution in [3.05, 3.63) is 42.6 Å². The van der Waals surface area contributed by atoms with Gasteiger partial charge in [0.1, 0.15) is 5.60 Å². The van der Waals surface area contributed by atoms with Gasteiger partial charge in [-0.1, -0.05) is 0 Å². The molecular weight excluding hydrogens is 583 g/mol. The number of ether oxygens (including phenoxy) is 3. The largest absolute Gasteiger partial charge is 0.478 e. The predicted octanol–water partition coefficient (Wildman–Crippen LogP) is 4.31. The molecule has 0 spiro atoms. The van der Waals surface area contributed by atoms with E-state index in [9.17, 15) is 5.11 Å². The average molecular weight is 602 g/mol. The van der Waals surface area contributed by atoms with Crippen LogP contribution >= 0.6 is 54.5 Å². The van der Waals surface area contributed by atoms with Crippen LogP contribution in [0.25, 0.3) is 0 Å². The van der Waals surface area contributed by atoms with E-state index < -0.39 is 5.60 Å². The zero-order chi connectivity index (χ0) is 19.2. The standard InChI is InChI=1S/C10H12BrNO3.C7H7BrINO/c1-2-15-9-8(3-7(11)4-12-9)10(13)5-14-6-10;1-2-11-7-6(9)3-5(8)4-10-7/h3-4,13H,2,5-6H2,1H3;3-4H,2H2,1H3. The zero-order valence-corrected chi connectivity index (χ0v) is 19.7. The lowest BCUT2D eigenvalue weighted by molar-refractivity contribution is -0.185. The second kappa shape index (κ2) is 10.2. The minimum absolute atomic E-state index is 0.297. The van der Waals surface area contributed by atoms with Crippen LogP contribution < -0.4 is 9.47 Å². The van der Waals surface area contributed by atoms with E-state index in [0.717, 1.165) is 12.5 Å². The van der Waals surface area contributed by atoms with Gasteiger partial charge in [0, 0.05) is 21.3 Å². The number of aromatic nitrogens is 2. The molecule has 0 amide bonds. The lowest BCUT2D eigenvalue weighted by atomic mass is 9.93. The first-order chi connectivity index (χ1) is 12.4. The third kappa shape index (κ3) is 5.75. The molecule has 1 aliphatic rings. The van der Waals surface area contributed by atoms with Gasteiger partial charge in [0.05, 0.1) is 35.6 Å². The molecule has 0 saturated carbocycles. The number of nitrogens with zero attached hydrogens (tertiary/aromatic N) is 2. The molecule has 6 nitrogen and oxygen atoms in total. The monoisotopic (exact) mass is 600 g/mol. The maximum absolute atomic E-state index is 10.1. The van der Waals surface area contributed by atoms with Crippen LogP contribution in [0.2, 0.25) is 0 Å². The fraction of sp³-hybridized carbons (Fsp3) is 0.412. The maximum atomic E-state index is 10.1. The van der Waals surface area contributed by atoms with Gasteiger partial charge in [0.2, 0.25) is 11.8 Å². The van der Waals surface area contributed by atoms with Gasteiger partial charge < -0.3 is 19.3 Å². The highest BCUT2D eigenvalue weighted by Crippen LogP contribution is 2.35. The predicted molar refractivity (Wildman–Crippen MR) is 114 cm³/mol. The molecular formula is C17H19Br2IN2O4. The van der Waals surface area contributed by atoms with E-state index in [1.165, 1.54) is 0 Å². The Labute approximate surface area is 183 Å². The van der Waals surface area contributed by atoms with Gasteiger partial charge in [-0.15, -0.1) is 0 Å². The summed E-state index contributed by atoms with van der Waals surface area (Å²) in [6, 6.07) is 3.79. The molecule has 0 bridgehead atoms. The van der Waals surface area contributed by atoms with Crippen LogP contribution in [0.5, 0.6) is 11.8 Å². The van der Waals surface area contributed by atoms with Crippen molar-refractivity contribution >= 4 is 54.5 Å². The Morgan fingerprint density at radius 1 is 1.08 bits per heavy atom. The summed E-state index contributed by atoms with van der Waals surface area (Å²) < 4.78 is 18.5. The number of halogens is 3. The molecule has 0 aromatic carbocycles. The highest BCUT2D eigenvalue weighted by Gasteiger charge is 2.41. The summed E-state index contributed by atoms with van der Waals surface area (Å²) in [4.78, 5) is 8.22. The van der Waals surface area contributed by atoms with Crippen LogP contribution in [0.4, 0.5) is 0 Å². The number of aliphatic hydroxyl groups is 1. The van der Waals surface area contributed by atoms with Crippen molar-refractivity contribution in [2.24, 2.45) is 0 Å². The maximum Gasteiger partial charge on any atom is 0.227 e. The molecule has 0 unspecified atom stereocenters. The lowest BCUT2D eigenvalue weighted by Gasteiger charge is -2.37. The Balaban J connectivity index is 0.000000197. The van der Waals surface area contributed by atoms with Crippen LogP contribution in [-0.4, -0.2) is 41.5 Å². The van der Waals surface area contributed by atoms with E-state index in [-0.39, 0.29) is 0 Å². The van der Waals surface area contributed by atoms with Crippen molar-refractivity contribution in [2.45, 2.75) is 19.4 Å². The van der Waals surface area contributed by atoms with Gasteiger partial charge in [-0.2, -0.15) is 0 Å². The zero-order valence-electron chi connectivity index (χ0n) is 14.3. The van der Waals surface area contributed by atoms with Crippen LogP contribution in [0.1, 0.15) is 19.4 Å². The highest BCUT2D eigenvalue weighted by molar-refractivity contribution is 14.1. The number of hydrogen-bond acceptors (Lipinski definition) is 6. The summed E-state index contributed by atoms with van der Waals surface area (Å²) in [5, 5.41) is 10.1. The summed E-state index contributed by atoms with van der Waals surface area (Å²) in [5.41, 5.74) is -0.258. The van der Waals surface area contributed by atoms with Gasteiger partial charge in [0.25, 0.3) is 0 Å². The van der Waals surface area contributed by atoms with Crippen molar-refractivity contribution < 1.29 is 19.3 Å². The third-order valence-electron chi connectivity index (χ3n) is 3.34. The summed E-state index contributed by atoms with van der Waals surface area (Å²) in [6.07, 6.45) is 3.38. The summed E-state index contributed by atoms with van der Waals surface area (Å²) in [6.45, 7) is 5.61. The molecule has 0 radical (unpaired) electrons. The van der Waals surface area contributed by atoms with Crippen molar-refractivity contribution in [1.82, 2.24) is 9.97 Å². The molecule has 0 atom stereocenters. The molecule has 3 rings (SSSR count). The van der Waals surface area contributed by atoms with E-state index in [2.05, 4.69) is 64.4 Å². The van der Waals surface area contributed by atoms with E-state index in [1.807, 2.05) is 26.0 Å². The van der Waals surface area contributed by atoms with Crippen molar-refractivity contribution in [3.8, 4) is 11.8 Å². The Bertz CT molecular complexity index is 745. The van der Waals surface area contributed by atoms with Gasteiger partial charge >= 0.3 is 0 Å². The number of hydrogen-bond donors (Lipinski definition) is 1. The fourth-order valence-electron chi connectivity index (χ4n) is 2.11. The fourth-order valence-corrected chi connectivity index (χ4v) is 3.83. The first kappa shape index (κ1) is 21.8. The first-order valence-electron chi connectivity index (χ1n) is 7.92. The second-order valence-electron chi connectivity index (χ2n) is 5.34. The van der Waals surface area contributed by atoms with E-state index >= 15 is 0 Å². The normalized spacial score (nSPS) is 14.7. The van der Waals surface area contributed by atoms with E-state index in [1.54, 1.807) is 12.4 Å². The van der Waals surface area contributed by atoms with Crippen LogP contribution in [0, 0.1) is 3.57 Å².